The first-order chi connectivity index (χ1) is 15.1. The number of benzene rings is 3. The maximum absolute atomic E-state index is 13.1. The number of hydrogen-bond donors (Lipinski definition) is 1. The third kappa shape index (κ3) is 3.53. The Bertz CT molecular complexity index is 1160. The van der Waals surface area contributed by atoms with Crippen molar-refractivity contribution in [3.63, 3.8) is 0 Å². The number of para-hydroxylation sites is 1. The molecule has 31 heavy (non-hydrogen) atoms. The summed E-state index contributed by atoms with van der Waals surface area (Å²) in [6.07, 6.45) is 0. The molecule has 0 bridgehead atoms. The van der Waals surface area contributed by atoms with E-state index in [2.05, 4.69) is 0 Å². The highest BCUT2D eigenvalue weighted by Crippen LogP contribution is 2.45. The van der Waals surface area contributed by atoms with Crippen molar-refractivity contribution >= 4 is 23.1 Å². The van der Waals surface area contributed by atoms with Crippen molar-refractivity contribution in [3.05, 3.63) is 95.6 Å². The number of Topliss-reactive ketones (excluding diaryl/α,β-unsaturated/α-hetero) is 1. The summed E-state index contributed by atoms with van der Waals surface area (Å²) >= 11 is 0. The number of methoxy groups -OCH3 is 2. The zero-order chi connectivity index (χ0) is 22.0. The summed E-state index contributed by atoms with van der Waals surface area (Å²) in [5.41, 5.74) is 1.55. The second-order valence-corrected chi connectivity index (χ2v) is 6.98. The lowest BCUT2D eigenvalue weighted by molar-refractivity contribution is -0.132. The monoisotopic (exact) mass is 415 g/mol. The highest BCUT2D eigenvalue weighted by molar-refractivity contribution is 6.51. The Labute approximate surface area is 180 Å². The van der Waals surface area contributed by atoms with Crippen LogP contribution in [0.25, 0.3) is 5.76 Å². The van der Waals surface area contributed by atoms with Crippen LogP contribution in [0.1, 0.15) is 17.2 Å². The number of ketones is 1. The predicted octanol–water partition coefficient (Wildman–Crippen LogP) is 4.33. The van der Waals surface area contributed by atoms with Gasteiger partial charge in [-0.05, 0) is 24.3 Å². The van der Waals surface area contributed by atoms with Gasteiger partial charge >= 0.3 is 0 Å². The van der Waals surface area contributed by atoms with Crippen LogP contribution in [0.3, 0.4) is 0 Å². The van der Waals surface area contributed by atoms with Crippen LogP contribution in [0.2, 0.25) is 0 Å². The zero-order valence-electron chi connectivity index (χ0n) is 17.1. The van der Waals surface area contributed by atoms with Gasteiger partial charge in [0.2, 0.25) is 0 Å². The minimum absolute atomic E-state index is 0.00326. The number of aliphatic hydroxyl groups is 1. The molecule has 3 aromatic carbocycles. The van der Waals surface area contributed by atoms with Crippen molar-refractivity contribution in [1.82, 2.24) is 0 Å². The normalized spacial score (nSPS) is 17.6. The van der Waals surface area contributed by atoms with E-state index in [1.54, 1.807) is 73.8 Å². The zero-order valence-corrected chi connectivity index (χ0v) is 17.1. The molecule has 0 saturated carbocycles. The van der Waals surface area contributed by atoms with Crippen LogP contribution in [0.15, 0.2) is 84.4 Å². The van der Waals surface area contributed by atoms with E-state index >= 15 is 0 Å². The quantitative estimate of drug-likeness (QED) is 0.381. The van der Waals surface area contributed by atoms with Crippen molar-refractivity contribution < 1.29 is 24.2 Å². The molecule has 4 rings (SSSR count). The van der Waals surface area contributed by atoms with Crippen LogP contribution < -0.4 is 14.4 Å². The number of carbonyl (C=O) groups is 2. The fourth-order valence-electron chi connectivity index (χ4n) is 3.78. The van der Waals surface area contributed by atoms with Gasteiger partial charge in [0.15, 0.2) is 0 Å². The number of ether oxygens (including phenoxy) is 2. The molecular formula is C25H21NO5. The lowest BCUT2D eigenvalue weighted by atomic mass is 9.94. The van der Waals surface area contributed by atoms with Crippen molar-refractivity contribution in [1.29, 1.82) is 0 Å². The number of nitrogens with zero attached hydrogens (tertiary/aromatic N) is 1. The maximum Gasteiger partial charge on any atom is 0.300 e. The Hall–Kier alpha value is -4.06. The van der Waals surface area contributed by atoms with Gasteiger partial charge in [-0.3, -0.25) is 14.5 Å². The van der Waals surface area contributed by atoms with E-state index in [0.29, 0.717) is 28.3 Å². The SMILES string of the molecule is COc1ccc(C2/C(=C(\O)c3ccccc3)C(=O)C(=O)N2c2ccccc2)c(OC)c1. The average molecular weight is 415 g/mol. The second-order valence-electron chi connectivity index (χ2n) is 6.98. The molecule has 6 nitrogen and oxygen atoms in total. The number of rotatable bonds is 5. The first-order valence-corrected chi connectivity index (χ1v) is 9.70. The standard InChI is InChI=1S/C25H21NO5/c1-30-18-13-14-19(20(15-18)31-2)22-21(23(27)16-9-5-3-6-10-16)24(28)25(29)26(22)17-11-7-4-8-12-17/h3-15,22,27H,1-2H3/b23-21+. The van der Waals surface area contributed by atoms with Gasteiger partial charge in [0.25, 0.3) is 11.7 Å². The van der Waals surface area contributed by atoms with Crippen molar-refractivity contribution in [2.24, 2.45) is 0 Å². The van der Waals surface area contributed by atoms with Crippen molar-refractivity contribution in [2.45, 2.75) is 6.04 Å². The molecule has 1 aliphatic heterocycles. The third-order valence-electron chi connectivity index (χ3n) is 5.26. The number of carbonyl (C=O) groups excluding carboxylic acids is 2. The van der Waals surface area contributed by atoms with Gasteiger partial charge in [0.1, 0.15) is 17.3 Å². The summed E-state index contributed by atoms with van der Waals surface area (Å²) in [7, 11) is 3.05. The molecule has 1 aliphatic rings. The molecular weight excluding hydrogens is 394 g/mol. The van der Waals surface area contributed by atoms with Crippen LogP contribution in [-0.2, 0) is 9.59 Å². The minimum atomic E-state index is -0.872. The van der Waals surface area contributed by atoms with E-state index in [-0.39, 0.29) is 11.3 Å². The largest absolute Gasteiger partial charge is 0.507 e. The summed E-state index contributed by atoms with van der Waals surface area (Å²) in [4.78, 5) is 27.6. The number of amides is 1. The molecule has 156 valence electrons. The molecule has 0 aromatic heterocycles. The smallest absolute Gasteiger partial charge is 0.300 e. The Morgan fingerprint density at radius 3 is 2.13 bits per heavy atom. The molecule has 3 aromatic rings. The van der Waals surface area contributed by atoms with Crippen LogP contribution in [0, 0.1) is 0 Å². The Morgan fingerprint density at radius 2 is 1.52 bits per heavy atom. The molecule has 1 heterocycles. The molecule has 1 unspecified atom stereocenters. The Morgan fingerprint density at radius 1 is 0.871 bits per heavy atom. The molecule has 1 N–H and O–H groups in total. The van der Waals surface area contributed by atoms with Gasteiger partial charge in [-0.2, -0.15) is 0 Å². The first-order valence-electron chi connectivity index (χ1n) is 9.70. The molecule has 1 amide bonds. The highest BCUT2D eigenvalue weighted by Gasteiger charge is 2.47. The number of hydrogen-bond acceptors (Lipinski definition) is 5. The van der Waals surface area contributed by atoms with E-state index in [0.717, 1.165) is 0 Å². The molecule has 0 spiro atoms. The van der Waals surface area contributed by atoms with Gasteiger partial charge in [-0.25, -0.2) is 0 Å². The van der Waals surface area contributed by atoms with Crippen LogP contribution in [-0.4, -0.2) is 31.0 Å². The summed E-state index contributed by atoms with van der Waals surface area (Å²) in [5, 5.41) is 11.1. The number of aliphatic hydroxyl groups excluding tert-OH is 1. The third-order valence-corrected chi connectivity index (χ3v) is 5.26. The molecule has 0 aliphatic carbocycles. The molecule has 1 atom stereocenters. The van der Waals surface area contributed by atoms with E-state index in [9.17, 15) is 14.7 Å². The summed E-state index contributed by atoms with van der Waals surface area (Å²) in [6, 6.07) is 21.9. The Kier molecular flexibility index (Phi) is 5.45. The van der Waals surface area contributed by atoms with Gasteiger partial charge in [-0.1, -0.05) is 48.5 Å². The van der Waals surface area contributed by atoms with Crippen LogP contribution in [0.4, 0.5) is 5.69 Å². The summed E-state index contributed by atoms with van der Waals surface area (Å²) in [6.45, 7) is 0. The fraction of sp³-hybridized carbons (Fsp3) is 0.120. The first kappa shape index (κ1) is 20.2. The molecule has 0 radical (unpaired) electrons. The molecule has 6 heteroatoms. The van der Waals surface area contributed by atoms with E-state index in [1.807, 2.05) is 12.1 Å². The van der Waals surface area contributed by atoms with Crippen molar-refractivity contribution in [3.8, 4) is 11.5 Å². The van der Waals surface area contributed by atoms with E-state index in [1.165, 1.54) is 12.0 Å². The van der Waals surface area contributed by atoms with Gasteiger partial charge in [0, 0.05) is 22.9 Å². The van der Waals surface area contributed by atoms with Crippen molar-refractivity contribution in [2.75, 3.05) is 19.1 Å². The minimum Gasteiger partial charge on any atom is -0.507 e. The molecule has 1 fully saturated rings. The van der Waals surface area contributed by atoms with Gasteiger partial charge in [0.05, 0.1) is 25.8 Å². The topological polar surface area (TPSA) is 76.1 Å². The lowest BCUT2D eigenvalue weighted by Gasteiger charge is -2.26. The predicted molar refractivity (Wildman–Crippen MR) is 117 cm³/mol. The fourth-order valence-corrected chi connectivity index (χ4v) is 3.78. The highest BCUT2D eigenvalue weighted by atomic mass is 16.5. The maximum atomic E-state index is 13.1. The van der Waals surface area contributed by atoms with E-state index in [4.69, 9.17) is 9.47 Å². The summed E-state index contributed by atoms with van der Waals surface area (Å²) in [5.74, 6) is -0.702. The number of anilines is 1. The van der Waals surface area contributed by atoms with Gasteiger partial charge in [-0.15, -0.1) is 0 Å². The lowest BCUT2D eigenvalue weighted by Crippen LogP contribution is -2.29. The van der Waals surface area contributed by atoms with Crippen LogP contribution in [0.5, 0.6) is 11.5 Å². The molecule has 1 saturated heterocycles. The van der Waals surface area contributed by atoms with Crippen LogP contribution >= 0.6 is 0 Å². The average Bonchev–Trinajstić information content (AvgIpc) is 3.09. The summed E-state index contributed by atoms with van der Waals surface area (Å²) < 4.78 is 10.8. The van der Waals surface area contributed by atoms with Gasteiger partial charge < -0.3 is 14.6 Å². The Balaban J connectivity index is 1.99. The second kappa shape index (κ2) is 8.36. The van der Waals surface area contributed by atoms with E-state index < -0.39 is 17.7 Å².